The van der Waals surface area contributed by atoms with Crippen LogP contribution in [0.4, 0.5) is 4.79 Å². The molecule has 0 aliphatic heterocycles. The van der Waals surface area contributed by atoms with Crippen LogP contribution in [0.25, 0.3) is 11.1 Å². The third-order valence-corrected chi connectivity index (χ3v) is 2.82. The van der Waals surface area contributed by atoms with E-state index in [4.69, 9.17) is 10.5 Å². The third-order valence-electron chi connectivity index (χ3n) is 2.82. The van der Waals surface area contributed by atoms with Crippen molar-refractivity contribution in [3.8, 4) is 16.9 Å². The zero-order valence-electron chi connectivity index (χ0n) is 11.4. The summed E-state index contributed by atoms with van der Waals surface area (Å²) in [5.41, 5.74) is 7.01. The molecule has 1 amide bonds. The SMILES string of the molecule is NC(=O)OCC(O)COc1ccc(-c2ccccc2)cc1. The van der Waals surface area contributed by atoms with E-state index in [0.717, 1.165) is 11.1 Å². The summed E-state index contributed by atoms with van der Waals surface area (Å²) < 4.78 is 9.89. The summed E-state index contributed by atoms with van der Waals surface area (Å²) in [7, 11) is 0. The molecule has 2 aromatic carbocycles. The van der Waals surface area contributed by atoms with Gasteiger partial charge < -0.3 is 20.3 Å². The van der Waals surface area contributed by atoms with Gasteiger partial charge >= 0.3 is 6.09 Å². The van der Waals surface area contributed by atoms with Crippen molar-refractivity contribution in [2.45, 2.75) is 6.10 Å². The molecule has 5 heteroatoms. The summed E-state index contributed by atoms with van der Waals surface area (Å²) in [6.45, 7) is -0.157. The number of carbonyl (C=O) groups excluding carboxylic acids is 1. The van der Waals surface area contributed by atoms with E-state index in [2.05, 4.69) is 4.74 Å². The lowest BCUT2D eigenvalue weighted by Crippen LogP contribution is -2.27. The number of ether oxygens (including phenoxy) is 2. The number of aliphatic hydroxyl groups excluding tert-OH is 1. The van der Waals surface area contributed by atoms with Crippen molar-refractivity contribution in [1.82, 2.24) is 0 Å². The summed E-state index contributed by atoms with van der Waals surface area (Å²) in [5, 5.41) is 9.53. The first kappa shape index (κ1) is 14.9. The summed E-state index contributed by atoms with van der Waals surface area (Å²) in [5.74, 6) is 0.632. The third kappa shape index (κ3) is 4.81. The van der Waals surface area contributed by atoms with Gasteiger partial charge in [0.25, 0.3) is 0 Å². The summed E-state index contributed by atoms with van der Waals surface area (Å²) in [4.78, 5) is 10.4. The average Bonchev–Trinajstić information content (AvgIpc) is 2.52. The monoisotopic (exact) mass is 287 g/mol. The largest absolute Gasteiger partial charge is 0.491 e. The summed E-state index contributed by atoms with van der Waals surface area (Å²) in [6, 6.07) is 17.5. The van der Waals surface area contributed by atoms with Crippen molar-refractivity contribution in [3.05, 3.63) is 54.6 Å². The summed E-state index contributed by atoms with van der Waals surface area (Å²) in [6.07, 6.45) is -1.83. The number of nitrogens with two attached hydrogens (primary N) is 1. The number of carbonyl (C=O) groups is 1. The van der Waals surface area contributed by atoms with E-state index < -0.39 is 12.2 Å². The molecule has 0 fully saturated rings. The average molecular weight is 287 g/mol. The van der Waals surface area contributed by atoms with Gasteiger partial charge in [0.05, 0.1) is 0 Å². The predicted octanol–water partition coefficient (Wildman–Crippen LogP) is 2.19. The van der Waals surface area contributed by atoms with Crippen LogP contribution in [0.1, 0.15) is 0 Å². The van der Waals surface area contributed by atoms with Crippen molar-refractivity contribution in [2.75, 3.05) is 13.2 Å². The van der Waals surface area contributed by atoms with Crippen LogP contribution in [0.15, 0.2) is 54.6 Å². The fourth-order valence-electron chi connectivity index (χ4n) is 1.79. The zero-order chi connectivity index (χ0) is 15.1. The van der Waals surface area contributed by atoms with Gasteiger partial charge in [0, 0.05) is 0 Å². The Hall–Kier alpha value is -2.53. The molecule has 5 nitrogen and oxygen atoms in total. The molecule has 110 valence electrons. The Labute approximate surface area is 122 Å². The Morgan fingerprint density at radius 1 is 1.00 bits per heavy atom. The fourth-order valence-corrected chi connectivity index (χ4v) is 1.79. The molecule has 0 bridgehead atoms. The Kier molecular flexibility index (Phi) is 5.17. The number of hydrogen-bond acceptors (Lipinski definition) is 4. The molecule has 21 heavy (non-hydrogen) atoms. The van der Waals surface area contributed by atoms with Crippen LogP contribution >= 0.6 is 0 Å². The van der Waals surface area contributed by atoms with Crippen molar-refractivity contribution < 1.29 is 19.4 Å². The normalized spacial score (nSPS) is 11.7. The predicted molar refractivity (Wildman–Crippen MR) is 78.9 cm³/mol. The van der Waals surface area contributed by atoms with E-state index in [-0.39, 0.29) is 13.2 Å². The summed E-state index contributed by atoms with van der Waals surface area (Å²) >= 11 is 0. The van der Waals surface area contributed by atoms with Crippen molar-refractivity contribution >= 4 is 6.09 Å². The highest BCUT2D eigenvalue weighted by Crippen LogP contribution is 2.22. The van der Waals surface area contributed by atoms with E-state index >= 15 is 0 Å². The quantitative estimate of drug-likeness (QED) is 0.853. The lowest BCUT2D eigenvalue weighted by molar-refractivity contribution is 0.0419. The smallest absolute Gasteiger partial charge is 0.404 e. The molecule has 0 saturated carbocycles. The van der Waals surface area contributed by atoms with Gasteiger partial charge in [-0.15, -0.1) is 0 Å². The molecule has 0 spiro atoms. The second-order valence-electron chi connectivity index (χ2n) is 4.49. The first-order valence-electron chi connectivity index (χ1n) is 6.54. The first-order chi connectivity index (χ1) is 10.1. The first-order valence-corrected chi connectivity index (χ1v) is 6.54. The molecular formula is C16H17NO4. The number of benzene rings is 2. The van der Waals surface area contributed by atoms with E-state index in [1.54, 1.807) is 0 Å². The second kappa shape index (κ2) is 7.31. The van der Waals surface area contributed by atoms with Gasteiger partial charge in [-0.2, -0.15) is 0 Å². The lowest BCUT2D eigenvalue weighted by atomic mass is 10.1. The van der Waals surface area contributed by atoms with Gasteiger partial charge in [0.2, 0.25) is 0 Å². The van der Waals surface area contributed by atoms with E-state index in [9.17, 15) is 9.90 Å². The Bertz CT molecular complexity index is 569. The van der Waals surface area contributed by atoms with Gasteiger partial charge in [-0.05, 0) is 23.3 Å². The highest BCUT2D eigenvalue weighted by atomic mass is 16.6. The standard InChI is InChI=1S/C16H17NO4/c17-16(19)21-11-14(18)10-20-15-8-6-13(7-9-15)12-4-2-1-3-5-12/h1-9,14,18H,10-11H2,(H2,17,19). The maximum absolute atomic E-state index is 10.4. The molecule has 1 atom stereocenters. The highest BCUT2D eigenvalue weighted by molar-refractivity contribution is 5.64. The molecule has 0 radical (unpaired) electrons. The fraction of sp³-hybridized carbons (Fsp3) is 0.188. The number of rotatable bonds is 6. The second-order valence-corrected chi connectivity index (χ2v) is 4.49. The zero-order valence-corrected chi connectivity index (χ0v) is 11.4. The Morgan fingerprint density at radius 2 is 1.62 bits per heavy atom. The van der Waals surface area contributed by atoms with Gasteiger partial charge in [-0.1, -0.05) is 42.5 Å². The van der Waals surface area contributed by atoms with Gasteiger partial charge in [0.1, 0.15) is 25.1 Å². The number of amides is 1. The van der Waals surface area contributed by atoms with Crippen molar-refractivity contribution in [1.29, 1.82) is 0 Å². The molecule has 0 saturated heterocycles. The Morgan fingerprint density at radius 3 is 2.24 bits per heavy atom. The molecular weight excluding hydrogens is 270 g/mol. The molecule has 0 aliphatic carbocycles. The van der Waals surface area contributed by atoms with E-state index in [1.807, 2.05) is 54.6 Å². The topological polar surface area (TPSA) is 81.8 Å². The van der Waals surface area contributed by atoms with E-state index in [0.29, 0.717) is 5.75 Å². The van der Waals surface area contributed by atoms with Gasteiger partial charge in [-0.3, -0.25) is 0 Å². The maximum atomic E-state index is 10.4. The lowest BCUT2D eigenvalue weighted by Gasteiger charge is -2.12. The number of hydrogen-bond donors (Lipinski definition) is 2. The molecule has 2 rings (SSSR count). The molecule has 1 unspecified atom stereocenters. The maximum Gasteiger partial charge on any atom is 0.404 e. The van der Waals surface area contributed by atoms with Crippen LogP contribution in [0, 0.1) is 0 Å². The van der Waals surface area contributed by atoms with Crippen LogP contribution in [0.3, 0.4) is 0 Å². The van der Waals surface area contributed by atoms with E-state index in [1.165, 1.54) is 0 Å². The molecule has 2 aromatic rings. The minimum Gasteiger partial charge on any atom is -0.491 e. The number of aliphatic hydroxyl groups is 1. The molecule has 0 aliphatic rings. The minimum absolute atomic E-state index is 0.0258. The Balaban J connectivity index is 1.87. The van der Waals surface area contributed by atoms with Crippen LogP contribution in [-0.2, 0) is 4.74 Å². The van der Waals surface area contributed by atoms with Crippen LogP contribution in [0.2, 0.25) is 0 Å². The van der Waals surface area contributed by atoms with Crippen LogP contribution < -0.4 is 10.5 Å². The van der Waals surface area contributed by atoms with Gasteiger partial charge in [0.15, 0.2) is 0 Å². The van der Waals surface area contributed by atoms with Crippen LogP contribution in [-0.4, -0.2) is 30.5 Å². The van der Waals surface area contributed by atoms with Gasteiger partial charge in [-0.25, -0.2) is 4.79 Å². The van der Waals surface area contributed by atoms with Crippen LogP contribution in [0.5, 0.6) is 5.75 Å². The number of primary amides is 1. The van der Waals surface area contributed by atoms with Crippen molar-refractivity contribution in [2.24, 2.45) is 5.73 Å². The molecule has 3 N–H and O–H groups in total. The highest BCUT2D eigenvalue weighted by Gasteiger charge is 2.07. The minimum atomic E-state index is -0.915. The molecule has 0 heterocycles. The molecule has 0 aromatic heterocycles. The van der Waals surface area contributed by atoms with Crippen molar-refractivity contribution in [3.63, 3.8) is 0 Å².